The van der Waals surface area contributed by atoms with Gasteiger partial charge in [0.15, 0.2) is 0 Å². The summed E-state index contributed by atoms with van der Waals surface area (Å²) in [5, 5.41) is 0. The quantitative estimate of drug-likeness (QED) is 0.744. The Balaban J connectivity index is 2.01. The average Bonchev–Trinajstić information content (AvgIpc) is 2.66. The molecule has 0 spiro atoms. The fraction of sp³-hybridized carbons (Fsp3) is 0.286. The summed E-state index contributed by atoms with van der Waals surface area (Å²) in [6.07, 6.45) is 6.75. The van der Waals surface area contributed by atoms with Gasteiger partial charge in [-0.2, -0.15) is 0 Å². The van der Waals surface area contributed by atoms with Crippen molar-refractivity contribution in [3.05, 3.63) is 54.1 Å². The van der Waals surface area contributed by atoms with E-state index in [1.165, 1.54) is 19.5 Å². The van der Waals surface area contributed by atoms with Gasteiger partial charge in [-0.25, -0.2) is 0 Å². The van der Waals surface area contributed by atoms with Crippen molar-refractivity contribution in [1.82, 2.24) is 0 Å². The molecule has 0 aliphatic carbocycles. The first-order valence-corrected chi connectivity index (χ1v) is 12.2. The Morgan fingerprint density at radius 2 is 2.13 bits per heavy atom. The molecule has 1 heterocycles. The van der Waals surface area contributed by atoms with E-state index in [4.69, 9.17) is 0 Å². The van der Waals surface area contributed by atoms with Gasteiger partial charge in [0.2, 0.25) is 0 Å². The molecular weight excluding hydrogens is 283 g/mol. The van der Waals surface area contributed by atoms with Gasteiger partial charge >= 0.3 is 101 Å². The Morgan fingerprint density at radius 3 is 2.67 bits per heavy atom. The Morgan fingerprint density at radius 1 is 1.40 bits per heavy atom. The van der Waals surface area contributed by atoms with Crippen LogP contribution < -0.4 is 0 Å². The molecular formula is C14H17In. The van der Waals surface area contributed by atoms with Crippen LogP contribution in [0.25, 0.3) is 6.08 Å². The standard InChI is InChI=1S/C9H9.C5H8.In/c1-3-9-6-4-8(2)5-7-9;1-3-5-4-2;/h3-7H,1-2H2;3-5H,1H2,2H3;. The zero-order valence-corrected chi connectivity index (χ0v) is 12.6. The zero-order valence-electron chi connectivity index (χ0n) is 9.32. The predicted molar refractivity (Wildman–Crippen MR) is 69.4 cm³/mol. The molecule has 1 aliphatic heterocycles. The van der Waals surface area contributed by atoms with Gasteiger partial charge < -0.3 is 0 Å². The van der Waals surface area contributed by atoms with Gasteiger partial charge in [0, 0.05) is 0 Å². The minimum atomic E-state index is -1.26. The van der Waals surface area contributed by atoms with E-state index in [1.807, 2.05) is 6.08 Å². The molecule has 0 bridgehead atoms. The fourth-order valence-electron chi connectivity index (χ4n) is 2.20. The average molecular weight is 300 g/mol. The molecule has 1 aromatic carbocycles. The van der Waals surface area contributed by atoms with Crippen molar-refractivity contribution in [3.63, 3.8) is 0 Å². The molecule has 0 saturated carbocycles. The van der Waals surface area contributed by atoms with Crippen molar-refractivity contribution in [2.24, 2.45) is 0 Å². The first-order chi connectivity index (χ1) is 7.29. The Labute approximate surface area is 100 Å². The van der Waals surface area contributed by atoms with Crippen LogP contribution in [0.15, 0.2) is 43.0 Å². The van der Waals surface area contributed by atoms with Crippen LogP contribution in [0.5, 0.6) is 0 Å². The first kappa shape index (κ1) is 11.1. The van der Waals surface area contributed by atoms with Crippen LogP contribution >= 0.6 is 0 Å². The summed E-state index contributed by atoms with van der Waals surface area (Å²) in [6, 6.07) is 8.92. The van der Waals surface area contributed by atoms with Crippen LogP contribution in [-0.4, -0.2) is 21.4 Å². The second-order valence-corrected chi connectivity index (χ2v) is 14.3. The Kier molecular flexibility index (Phi) is 3.74. The molecule has 76 valence electrons. The van der Waals surface area contributed by atoms with Crippen molar-refractivity contribution in [1.29, 1.82) is 0 Å². The molecule has 2 rings (SSSR count). The van der Waals surface area contributed by atoms with Crippen molar-refractivity contribution in [2.75, 3.05) is 0 Å². The number of rotatable bonds is 3. The van der Waals surface area contributed by atoms with E-state index in [2.05, 4.69) is 49.9 Å². The van der Waals surface area contributed by atoms with Crippen LogP contribution in [0, 0.1) is 0 Å². The van der Waals surface area contributed by atoms with Crippen LogP contribution in [0.3, 0.4) is 0 Å². The van der Waals surface area contributed by atoms with E-state index in [0.29, 0.717) is 0 Å². The van der Waals surface area contributed by atoms with E-state index >= 15 is 0 Å². The molecule has 1 heteroatoms. The van der Waals surface area contributed by atoms with Gasteiger partial charge in [0.1, 0.15) is 0 Å². The summed E-state index contributed by atoms with van der Waals surface area (Å²) in [4.78, 5) is 0. The monoisotopic (exact) mass is 300 g/mol. The second-order valence-electron chi connectivity index (χ2n) is 4.43. The zero-order chi connectivity index (χ0) is 10.7. The van der Waals surface area contributed by atoms with E-state index in [9.17, 15) is 0 Å². The number of allylic oxidation sites excluding steroid dienone is 2. The van der Waals surface area contributed by atoms with E-state index < -0.39 is 21.4 Å². The van der Waals surface area contributed by atoms with Crippen molar-refractivity contribution >= 4 is 27.5 Å². The second kappa shape index (κ2) is 5.07. The van der Waals surface area contributed by atoms with Gasteiger partial charge in [-0.3, -0.25) is 0 Å². The molecule has 0 nitrogen and oxygen atoms in total. The van der Waals surface area contributed by atoms with Gasteiger partial charge in [-0.05, 0) is 0 Å². The third kappa shape index (κ3) is 2.78. The van der Waals surface area contributed by atoms with E-state index in [0.717, 1.165) is 3.67 Å². The Bertz CT molecular complexity index is 361. The number of hydrogen-bond acceptors (Lipinski definition) is 0. The summed E-state index contributed by atoms with van der Waals surface area (Å²) in [6.45, 7) is 6.18. The summed E-state index contributed by atoms with van der Waals surface area (Å²) in [7, 11) is 0. The summed E-state index contributed by atoms with van der Waals surface area (Å²) < 4.78 is 3.81. The van der Waals surface area contributed by atoms with Crippen LogP contribution in [-0.2, 0) is 4.18 Å². The van der Waals surface area contributed by atoms with E-state index in [-0.39, 0.29) is 0 Å². The van der Waals surface area contributed by atoms with Crippen LogP contribution in [0.2, 0.25) is 7.85 Å². The van der Waals surface area contributed by atoms with Crippen molar-refractivity contribution < 1.29 is 0 Å². The predicted octanol–water partition coefficient (Wildman–Crippen LogP) is 3.87. The SMILES string of the molecule is C=Cc1ccc([CH2][In]2[CH2]C=C[CH]2C)cc1. The molecule has 1 aromatic rings. The van der Waals surface area contributed by atoms with Crippen LogP contribution in [0.4, 0.5) is 0 Å². The molecule has 0 amide bonds. The van der Waals surface area contributed by atoms with Gasteiger partial charge in [-0.1, -0.05) is 0 Å². The first-order valence-electron chi connectivity index (χ1n) is 5.67. The molecule has 15 heavy (non-hydrogen) atoms. The van der Waals surface area contributed by atoms with E-state index in [1.54, 1.807) is 0 Å². The Hall–Kier alpha value is -0.430. The molecule has 0 saturated heterocycles. The molecule has 1 unspecified atom stereocenters. The van der Waals surface area contributed by atoms with Gasteiger partial charge in [0.25, 0.3) is 0 Å². The molecule has 0 radical (unpaired) electrons. The maximum absolute atomic E-state index is 3.78. The molecule has 0 aromatic heterocycles. The maximum atomic E-state index is 3.78. The molecule has 0 N–H and O–H groups in total. The van der Waals surface area contributed by atoms with Gasteiger partial charge in [0.05, 0.1) is 0 Å². The molecule has 1 atom stereocenters. The summed E-state index contributed by atoms with van der Waals surface area (Å²) >= 11 is -1.26. The fourth-order valence-corrected chi connectivity index (χ4v) is 10.3. The number of benzene rings is 1. The third-order valence-electron chi connectivity index (χ3n) is 3.34. The third-order valence-corrected chi connectivity index (χ3v) is 13.6. The summed E-state index contributed by atoms with van der Waals surface area (Å²) in [5.41, 5.74) is 2.77. The van der Waals surface area contributed by atoms with Crippen molar-refractivity contribution in [2.45, 2.75) is 19.0 Å². The van der Waals surface area contributed by atoms with Gasteiger partial charge in [-0.15, -0.1) is 0 Å². The molecule has 1 aliphatic rings. The minimum absolute atomic E-state index is 0.950. The topological polar surface area (TPSA) is 0 Å². The molecule has 0 fully saturated rings. The van der Waals surface area contributed by atoms with Crippen molar-refractivity contribution in [3.8, 4) is 0 Å². The summed E-state index contributed by atoms with van der Waals surface area (Å²) in [5.74, 6) is 0. The normalized spacial score (nSPS) is 19.5. The van der Waals surface area contributed by atoms with Crippen LogP contribution in [0.1, 0.15) is 18.1 Å². The number of hydrogen-bond donors (Lipinski definition) is 0.